The summed E-state index contributed by atoms with van der Waals surface area (Å²) in [5.41, 5.74) is 0. The summed E-state index contributed by atoms with van der Waals surface area (Å²) in [5, 5.41) is 9.63. The predicted molar refractivity (Wildman–Crippen MR) is 61.5 cm³/mol. The summed E-state index contributed by atoms with van der Waals surface area (Å²) in [5.74, 6) is -0.773. The van der Waals surface area contributed by atoms with Gasteiger partial charge in [0.2, 0.25) is 0 Å². The Morgan fingerprint density at radius 1 is 1.19 bits per heavy atom. The molecule has 0 unspecified atom stereocenters. The van der Waals surface area contributed by atoms with Gasteiger partial charge in [0.25, 0.3) is 0 Å². The number of carboxylic acids is 1. The van der Waals surface area contributed by atoms with Crippen LogP contribution in [0.3, 0.4) is 0 Å². The molecule has 4 nitrogen and oxygen atoms in total. The average molecular weight is 244 g/mol. The molecule has 0 aromatic rings. The van der Waals surface area contributed by atoms with E-state index in [4.69, 9.17) is 5.11 Å². The van der Waals surface area contributed by atoms with E-state index >= 15 is 0 Å². The number of hydrogen-bond acceptors (Lipinski definition) is 3. The second-order valence-electron chi connectivity index (χ2n) is 3.81. The van der Waals surface area contributed by atoms with Crippen LogP contribution in [-0.4, -0.2) is 19.5 Å². The van der Waals surface area contributed by atoms with Gasteiger partial charge in [0.15, 0.2) is 9.84 Å². The molecular formula is C11H16O4S. The van der Waals surface area contributed by atoms with E-state index in [-0.39, 0.29) is 6.42 Å². The van der Waals surface area contributed by atoms with Crippen molar-refractivity contribution in [3.05, 3.63) is 22.5 Å². The lowest BCUT2D eigenvalue weighted by molar-refractivity contribution is -0.137. The first-order valence-electron chi connectivity index (χ1n) is 5.36. The Labute approximate surface area is 95.6 Å². The van der Waals surface area contributed by atoms with Gasteiger partial charge in [0.05, 0.1) is 0 Å². The molecule has 0 aromatic carbocycles. The quantitative estimate of drug-likeness (QED) is 0.697. The van der Waals surface area contributed by atoms with Crippen molar-refractivity contribution in [1.82, 2.24) is 0 Å². The molecule has 0 aliphatic carbocycles. The van der Waals surface area contributed by atoms with E-state index in [1.807, 2.05) is 0 Å². The number of carboxylic acid groups (broad SMARTS) is 1. The fraction of sp³-hybridized carbons (Fsp3) is 0.545. The Hall–Kier alpha value is -1.10. The van der Waals surface area contributed by atoms with Crippen LogP contribution in [0.2, 0.25) is 0 Å². The van der Waals surface area contributed by atoms with Crippen LogP contribution in [0.4, 0.5) is 0 Å². The number of sulfone groups is 1. The Balaban J connectivity index is 2.11. The standard InChI is InChI=1S/C11H16O4S/c12-11(13)8-4-2-1-3-6-10-7-5-9-16(10,14)15/h5,7,9H,1-4,6,8H2,(H,12,13). The molecule has 1 N–H and O–H groups in total. The Kier molecular flexibility index (Phi) is 4.73. The summed E-state index contributed by atoms with van der Waals surface area (Å²) >= 11 is 0. The highest BCUT2D eigenvalue weighted by molar-refractivity contribution is 7.98. The molecule has 0 spiro atoms. The normalized spacial score (nSPS) is 17.4. The van der Waals surface area contributed by atoms with Gasteiger partial charge < -0.3 is 5.11 Å². The number of allylic oxidation sites excluding steroid dienone is 3. The highest BCUT2D eigenvalue weighted by Crippen LogP contribution is 2.22. The van der Waals surface area contributed by atoms with Gasteiger partial charge >= 0.3 is 5.97 Å². The summed E-state index contributed by atoms with van der Waals surface area (Å²) in [7, 11) is -3.11. The smallest absolute Gasteiger partial charge is 0.303 e. The summed E-state index contributed by atoms with van der Waals surface area (Å²) in [6.07, 6.45) is 7.12. The van der Waals surface area contributed by atoms with Gasteiger partial charge in [-0.05, 0) is 31.4 Å². The van der Waals surface area contributed by atoms with Crippen LogP contribution in [0.25, 0.3) is 0 Å². The molecule has 1 aliphatic rings. The molecule has 90 valence electrons. The minimum atomic E-state index is -3.11. The lowest BCUT2D eigenvalue weighted by Gasteiger charge is -2.02. The van der Waals surface area contributed by atoms with E-state index in [1.54, 1.807) is 12.2 Å². The lowest BCUT2D eigenvalue weighted by Crippen LogP contribution is -1.97. The van der Waals surface area contributed by atoms with Gasteiger partial charge in [-0.2, -0.15) is 0 Å². The van der Waals surface area contributed by atoms with E-state index in [2.05, 4.69) is 0 Å². The topological polar surface area (TPSA) is 71.4 Å². The van der Waals surface area contributed by atoms with Crippen LogP contribution in [0, 0.1) is 0 Å². The number of aliphatic carboxylic acids is 1. The monoisotopic (exact) mass is 244 g/mol. The van der Waals surface area contributed by atoms with Crippen molar-refractivity contribution in [3.8, 4) is 0 Å². The lowest BCUT2D eigenvalue weighted by atomic mass is 10.1. The molecule has 0 saturated carbocycles. The zero-order valence-corrected chi connectivity index (χ0v) is 9.87. The molecule has 0 atom stereocenters. The van der Waals surface area contributed by atoms with Gasteiger partial charge in [-0.1, -0.05) is 12.8 Å². The summed E-state index contributed by atoms with van der Waals surface area (Å²) < 4.78 is 22.7. The first-order chi connectivity index (χ1) is 7.52. The maximum Gasteiger partial charge on any atom is 0.303 e. The van der Waals surface area contributed by atoms with Crippen LogP contribution >= 0.6 is 0 Å². The zero-order chi connectivity index (χ0) is 12.0. The molecule has 16 heavy (non-hydrogen) atoms. The van der Waals surface area contributed by atoms with E-state index in [9.17, 15) is 13.2 Å². The summed E-state index contributed by atoms with van der Waals surface area (Å²) in [4.78, 5) is 10.7. The average Bonchev–Trinajstić information content (AvgIpc) is 2.51. The SMILES string of the molecule is O=C(O)CCCCCCC1=CC=CS1(=O)=O. The second kappa shape index (κ2) is 5.84. The van der Waals surface area contributed by atoms with Gasteiger partial charge in [0.1, 0.15) is 0 Å². The molecule has 0 radical (unpaired) electrons. The van der Waals surface area contributed by atoms with Gasteiger partial charge in [-0.3, -0.25) is 4.79 Å². The minimum absolute atomic E-state index is 0.197. The largest absolute Gasteiger partial charge is 0.481 e. The van der Waals surface area contributed by atoms with Gasteiger partial charge in [-0.25, -0.2) is 8.42 Å². The maximum absolute atomic E-state index is 11.3. The van der Waals surface area contributed by atoms with E-state index in [1.165, 1.54) is 5.41 Å². The van der Waals surface area contributed by atoms with Crippen molar-refractivity contribution in [2.75, 3.05) is 0 Å². The predicted octanol–water partition coefficient (Wildman–Crippen LogP) is 2.24. The fourth-order valence-electron chi connectivity index (χ4n) is 1.59. The number of carbonyl (C=O) groups is 1. The molecule has 5 heteroatoms. The van der Waals surface area contributed by atoms with Gasteiger partial charge in [-0.15, -0.1) is 0 Å². The molecule has 1 rings (SSSR count). The van der Waals surface area contributed by atoms with Crippen LogP contribution in [0.15, 0.2) is 22.5 Å². The first kappa shape index (κ1) is 13.0. The molecular weight excluding hydrogens is 228 g/mol. The molecule has 0 aromatic heterocycles. The van der Waals surface area contributed by atoms with Gasteiger partial charge in [0, 0.05) is 16.7 Å². The zero-order valence-electron chi connectivity index (χ0n) is 9.05. The van der Waals surface area contributed by atoms with Crippen molar-refractivity contribution in [2.45, 2.75) is 38.5 Å². The van der Waals surface area contributed by atoms with E-state index < -0.39 is 15.8 Å². The molecule has 0 saturated heterocycles. The van der Waals surface area contributed by atoms with Crippen molar-refractivity contribution in [2.24, 2.45) is 0 Å². The second-order valence-corrected chi connectivity index (χ2v) is 5.70. The van der Waals surface area contributed by atoms with Crippen LogP contribution < -0.4 is 0 Å². The Bertz CT molecular complexity index is 404. The van der Waals surface area contributed by atoms with E-state index in [0.717, 1.165) is 19.3 Å². The number of unbranched alkanes of at least 4 members (excludes halogenated alkanes) is 3. The van der Waals surface area contributed by atoms with Crippen molar-refractivity contribution in [1.29, 1.82) is 0 Å². The fourth-order valence-corrected chi connectivity index (χ4v) is 2.74. The maximum atomic E-state index is 11.3. The molecule has 0 bridgehead atoms. The Morgan fingerprint density at radius 2 is 1.88 bits per heavy atom. The minimum Gasteiger partial charge on any atom is -0.481 e. The highest BCUT2D eigenvalue weighted by atomic mass is 32.2. The first-order valence-corrected chi connectivity index (χ1v) is 6.91. The van der Waals surface area contributed by atoms with Crippen molar-refractivity contribution >= 4 is 15.8 Å². The third kappa shape index (κ3) is 4.18. The van der Waals surface area contributed by atoms with Crippen LogP contribution in [0.1, 0.15) is 38.5 Å². The number of rotatable bonds is 7. The summed E-state index contributed by atoms with van der Waals surface area (Å²) in [6.45, 7) is 0. The third-order valence-electron chi connectivity index (χ3n) is 2.47. The molecule has 1 heterocycles. The van der Waals surface area contributed by atoms with Crippen molar-refractivity contribution in [3.63, 3.8) is 0 Å². The van der Waals surface area contributed by atoms with E-state index in [0.29, 0.717) is 17.7 Å². The Morgan fingerprint density at radius 3 is 2.44 bits per heavy atom. The highest BCUT2D eigenvalue weighted by Gasteiger charge is 2.16. The van der Waals surface area contributed by atoms with Crippen LogP contribution in [0.5, 0.6) is 0 Å². The summed E-state index contributed by atoms with van der Waals surface area (Å²) in [6, 6.07) is 0. The molecule has 0 fully saturated rings. The van der Waals surface area contributed by atoms with Crippen molar-refractivity contribution < 1.29 is 18.3 Å². The third-order valence-corrected chi connectivity index (χ3v) is 4.06. The molecule has 0 amide bonds. The van der Waals surface area contributed by atoms with Crippen LogP contribution in [-0.2, 0) is 14.6 Å². The number of hydrogen-bond donors (Lipinski definition) is 1. The molecule has 1 aliphatic heterocycles.